The summed E-state index contributed by atoms with van der Waals surface area (Å²) in [5.74, 6) is -0.401. The lowest BCUT2D eigenvalue weighted by Gasteiger charge is -2.30. The van der Waals surface area contributed by atoms with Gasteiger partial charge in [-0.25, -0.2) is 4.52 Å². The molecular formula is C33H29Cl2N5O3. The van der Waals surface area contributed by atoms with E-state index in [9.17, 15) is 14.4 Å². The Kier molecular flexibility index (Phi) is 7.81. The minimum atomic E-state index is -0.204. The molecule has 0 unspecified atom stereocenters. The van der Waals surface area contributed by atoms with E-state index in [1.54, 1.807) is 69.7 Å². The first-order valence-electron chi connectivity index (χ1n) is 14.0. The van der Waals surface area contributed by atoms with E-state index in [4.69, 9.17) is 28.3 Å². The molecule has 0 fully saturated rings. The van der Waals surface area contributed by atoms with Gasteiger partial charge < -0.3 is 10.2 Å². The summed E-state index contributed by atoms with van der Waals surface area (Å²) < 4.78 is 3.47. The molecule has 0 bridgehead atoms. The minimum absolute atomic E-state index is 0.158. The number of halogens is 2. The number of hydrogen-bond donors (Lipinski definition) is 1. The van der Waals surface area contributed by atoms with Crippen LogP contribution >= 0.6 is 23.2 Å². The maximum atomic E-state index is 14.2. The van der Waals surface area contributed by atoms with Crippen molar-refractivity contribution in [3.63, 3.8) is 0 Å². The van der Waals surface area contributed by atoms with Crippen molar-refractivity contribution in [3.05, 3.63) is 132 Å². The molecule has 3 heterocycles. The highest BCUT2D eigenvalue weighted by molar-refractivity contribution is 6.42. The lowest BCUT2D eigenvalue weighted by molar-refractivity contribution is 0.0729. The second kappa shape index (κ2) is 11.7. The Bertz CT molecular complexity index is 1930. The fraction of sp³-hybridized carbons (Fsp3) is 0.212. The van der Waals surface area contributed by atoms with Crippen LogP contribution in [-0.4, -0.2) is 44.5 Å². The van der Waals surface area contributed by atoms with Crippen LogP contribution in [-0.2, 0) is 25.8 Å². The molecular weight excluding hydrogens is 585 g/mol. The summed E-state index contributed by atoms with van der Waals surface area (Å²) in [6, 6.07) is 20.2. The van der Waals surface area contributed by atoms with Crippen LogP contribution in [0.2, 0.25) is 10.0 Å². The number of benzene rings is 3. The van der Waals surface area contributed by atoms with Gasteiger partial charge in [0.1, 0.15) is 5.65 Å². The molecule has 8 nitrogen and oxygen atoms in total. The van der Waals surface area contributed by atoms with Crippen molar-refractivity contribution in [3.8, 4) is 5.69 Å². The largest absolute Gasteiger partial charge is 0.355 e. The van der Waals surface area contributed by atoms with Crippen LogP contribution in [0.5, 0.6) is 0 Å². The number of amides is 2. The molecule has 6 rings (SSSR count). The molecule has 0 atom stereocenters. The van der Waals surface area contributed by atoms with Crippen LogP contribution in [0.1, 0.15) is 48.7 Å². The first kappa shape index (κ1) is 28.7. The van der Waals surface area contributed by atoms with E-state index in [1.165, 1.54) is 11.1 Å². The van der Waals surface area contributed by atoms with Gasteiger partial charge >= 0.3 is 0 Å². The second-order valence-corrected chi connectivity index (χ2v) is 11.5. The quantitative estimate of drug-likeness (QED) is 0.276. The summed E-state index contributed by atoms with van der Waals surface area (Å²) in [7, 11) is 1.58. The Morgan fingerprint density at radius 1 is 0.930 bits per heavy atom. The first-order chi connectivity index (χ1) is 20.7. The van der Waals surface area contributed by atoms with Crippen LogP contribution in [0.15, 0.2) is 77.7 Å². The Morgan fingerprint density at radius 2 is 1.65 bits per heavy atom. The number of rotatable bonds is 6. The van der Waals surface area contributed by atoms with Gasteiger partial charge in [0, 0.05) is 35.8 Å². The van der Waals surface area contributed by atoms with Crippen LogP contribution < -0.4 is 10.9 Å². The molecule has 0 aliphatic carbocycles. The third kappa shape index (κ3) is 5.44. The summed E-state index contributed by atoms with van der Waals surface area (Å²) >= 11 is 12.3. The van der Waals surface area contributed by atoms with Gasteiger partial charge in [-0.15, -0.1) is 0 Å². The third-order valence-corrected chi connectivity index (χ3v) is 8.68. The lowest BCUT2D eigenvalue weighted by atomic mass is 10.0. The van der Waals surface area contributed by atoms with Gasteiger partial charge in [0.15, 0.2) is 0 Å². The zero-order valence-electron chi connectivity index (χ0n) is 23.7. The minimum Gasteiger partial charge on any atom is -0.355 e. The molecule has 10 heteroatoms. The van der Waals surface area contributed by atoms with E-state index in [0.29, 0.717) is 63.2 Å². The molecule has 0 saturated carbocycles. The average Bonchev–Trinajstić information content (AvgIpc) is 3.45. The smallest absolute Gasteiger partial charge is 0.261 e. The summed E-state index contributed by atoms with van der Waals surface area (Å²) in [6.45, 7) is 2.64. The molecule has 43 heavy (non-hydrogen) atoms. The first-order valence-corrected chi connectivity index (χ1v) is 14.8. The maximum Gasteiger partial charge on any atom is 0.261 e. The van der Waals surface area contributed by atoms with E-state index in [2.05, 4.69) is 36.5 Å². The predicted octanol–water partition coefficient (Wildman–Crippen LogP) is 5.44. The Balaban J connectivity index is 1.44. The number of carbonyl (C=O) groups is 2. The Morgan fingerprint density at radius 3 is 2.35 bits per heavy atom. The predicted molar refractivity (Wildman–Crippen MR) is 168 cm³/mol. The topological polar surface area (TPSA) is 88.7 Å². The summed E-state index contributed by atoms with van der Waals surface area (Å²) in [4.78, 5) is 41.5. The summed E-state index contributed by atoms with van der Waals surface area (Å²) in [5, 5.41) is 8.07. The Hall–Kier alpha value is -4.40. The standard InChI is InChI=1S/C33H29Cl2N5O3/c1-20-3-5-21(6-4-20)7-8-24-18-37-40-29-19-38(32(42)23-11-14-27(34)28(35)17-23)16-15-26(29)33(43)39(31(24)40)25-12-9-22(10-13-25)30(41)36-2/h3-6,9-14,17-18H,7-8,15-16,19H2,1-2H3,(H,36,41). The summed E-state index contributed by atoms with van der Waals surface area (Å²) in [6.07, 6.45) is 3.60. The van der Waals surface area contributed by atoms with Crippen LogP contribution in [0.4, 0.5) is 0 Å². The van der Waals surface area contributed by atoms with E-state index in [-0.39, 0.29) is 23.9 Å². The van der Waals surface area contributed by atoms with Crippen molar-refractivity contribution in [2.24, 2.45) is 0 Å². The summed E-state index contributed by atoms with van der Waals surface area (Å²) in [5.41, 5.74) is 6.62. The molecule has 0 saturated heterocycles. The number of carbonyl (C=O) groups excluding carboxylic acids is 2. The van der Waals surface area contributed by atoms with Gasteiger partial charge in [-0.2, -0.15) is 5.10 Å². The third-order valence-electron chi connectivity index (χ3n) is 7.94. The molecule has 2 amide bonds. The highest BCUT2D eigenvalue weighted by Gasteiger charge is 2.29. The highest BCUT2D eigenvalue weighted by Crippen LogP contribution is 2.27. The lowest BCUT2D eigenvalue weighted by Crippen LogP contribution is -2.41. The number of nitrogens with zero attached hydrogens (tertiary/aromatic N) is 4. The van der Waals surface area contributed by atoms with Crippen molar-refractivity contribution in [1.82, 2.24) is 24.4 Å². The molecule has 1 aliphatic heterocycles. The molecule has 1 N–H and O–H groups in total. The highest BCUT2D eigenvalue weighted by atomic mass is 35.5. The number of hydrogen-bond acceptors (Lipinski definition) is 4. The van der Waals surface area contributed by atoms with E-state index >= 15 is 0 Å². The Labute approximate surface area is 258 Å². The monoisotopic (exact) mass is 613 g/mol. The van der Waals surface area contributed by atoms with Crippen molar-refractivity contribution in [2.45, 2.75) is 32.7 Å². The molecule has 5 aromatic rings. The average molecular weight is 615 g/mol. The molecule has 0 radical (unpaired) electrons. The van der Waals surface area contributed by atoms with Crippen molar-refractivity contribution in [2.75, 3.05) is 13.6 Å². The zero-order chi connectivity index (χ0) is 30.2. The maximum absolute atomic E-state index is 14.2. The van der Waals surface area contributed by atoms with Gasteiger partial charge in [-0.05, 0) is 74.2 Å². The molecule has 2 aromatic heterocycles. The van der Waals surface area contributed by atoms with Crippen molar-refractivity contribution >= 4 is 40.7 Å². The van der Waals surface area contributed by atoms with Crippen LogP contribution in [0, 0.1) is 6.92 Å². The SMILES string of the molecule is CNC(=O)c1ccc(-n2c(=O)c3c(n4ncc(CCc5ccc(C)cc5)c24)CN(C(=O)c2ccc(Cl)c(Cl)c2)CC3)cc1. The van der Waals surface area contributed by atoms with Crippen molar-refractivity contribution in [1.29, 1.82) is 0 Å². The fourth-order valence-electron chi connectivity index (χ4n) is 5.56. The molecule has 3 aromatic carbocycles. The van der Waals surface area contributed by atoms with E-state index < -0.39 is 0 Å². The van der Waals surface area contributed by atoms with Gasteiger partial charge in [-0.1, -0.05) is 53.0 Å². The number of nitrogens with one attached hydrogen (secondary N) is 1. The van der Waals surface area contributed by atoms with E-state index in [1.807, 2.05) is 0 Å². The van der Waals surface area contributed by atoms with Gasteiger partial charge in [-0.3, -0.25) is 19.0 Å². The number of aryl methyl sites for hydroxylation is 3. The van der Waals surface area contributed by atoms with Gasteiger partial charge in [0.05, 0.1) is 34.2 Å². The molecule has 1 aliphatic rings. The van der Waals surface area contributed by atoms with Gasteiger partial charge in [0.25, 0.3) is 17.4 Å². The molecule has 0 spiro atoms. The molecule has 218 valence electrons. The second-order valence-electron chi connectivity index (χ2n) is 10.7. The van der Waals surface area contributed by atoms with Crippen molar-refractivity contribution < 1.29 is 9.59 Å². The zero-order valence-corrected chi connectivity index (χ0v) is 25.2. The fourth-order valence-corrected chi connectivity index (χ4v) is 5.85. The number of aromatic nitrogens is 3. The van der Waals surface area contributed by atoms with E-state index in [0.717, 1.165) is 12.0 Å². The van der Waals surface area contributed by atoms with Crippen LogP contribution in [0.25, 0.3) is 11.3 Å². The number of fused-ring (bicyclic) bond motifs is 3. The normalized spacial score (nSPS) is 12.8. The van der Waals surface area contributed by atoms with Crippen LogP contribution in [0.3, 0.4) is 0 Å². The van der Waals surface area contributed by atoms with Gasteiger partial charge in [0.2, 0.25) is 0 Å².